The summed E-state index contributed by atoms with van der Waals surface area (Å²) in [5.41, 5.74) is 5.95. The largest absolute Gasteiger partial charge is 0.348 e. The number of nitrogens with zero attached hydrogens (tertiary/aromatic N) is 2. The van der Waals surface area contributed by atoms with Crippen molar-refractivity contribution in [1.82, 2.24) is 20.1 Å². The lowest BCUT2D eigenvalue weighted by atomic mass is 9.97. The summed E-state index contributed by atoms with van der Waals surface area (Å²) in [6, 6.07) is 11.9. The van der Waals surface area contributed by atoms with Crippen molar-refractivity contribution in [2.24, 2.45) is 5.41 Å². The number of aromatic amines is 1. The minimum absolute atomic E-state index is 0.139. The van der Waals surface area contributed by atoms with Gasteiger partial charge in [0.15, 0.2) is 5.82 Å². The molecule has 0 unspecified atom stereocenters. The number of carbonyl (C=O) groups is 1. The topological polar surface area (TPSA) is 79.8 Å². The van der Waals surface area contributed by atoms with Crippen molar-refractivity contribution in [3.05, 3.63) is 69.1 Å². The summed E-state index contributed by atoms with van der Waals surface area (Å²) in [4.78, 5) is 25.1. The normalized spacial score (nSPS) is 10.5. The van der Waals surface area contributed by atoms with E-state index in [-0.39, 0.29) is 11.1 Å². The third-order valence-electron chi connectivity index (χ3n) is 4.64. The lowest BCUT2D eigenvalue weighted by Crippen LogP contribution is -2.15. The third-order valence-corrected chi connectivity index (χ3v) is 4.64. The second kappa shape index (κ2) is 12.2. The van der Waals surface area contributed by atoms with E-state index in [1.807, 2.05) is 79.8 Å². The molecule has 2 N–H and O–H groups in total. The number of nitrogens with one attached hydrogen (secondary N) is 2. The van der Waals surface area contributed by atoms with Gasteiger partial charge in [0.05, 0.1) is 5.69 Å². The number of hydrogen-bond donors (Lipinski definition) is 2. The Morgan fingerprint density at radius 2 is 1.59 bits per heavy atom. The zero-order valence-electron chi connectivity index (χ0n) is 21.0. The molecule has 32 heavy (non-hydrogen) atoms. The van der Waals surface area contributed by atoms with Gasteiger partial charge in [-0.25, -0.2) is 4.79 Å². The molecule has 0 aliphatic carbocycles. The number of aryl methyl sites for hydroxylation is 2. The molecule has 1 aromatic heterocycles. The molecule has 0 saturated carbocycles. The van der Waals surface area contributed by atoms with Gasteiger partial charge in [0.25, 0.3) is 0 Å². The standard InChI is InChI=1S/C19H22N4O.C5H10O.C2H6/c1-12-5-9-16(10-6-12)23-19(24)21-18(22-23)17-13(2)7-8-15(11-20-4)14(17)3;1-5(2,3)4-6;1-2/h5-10,20H,11H2,1-4H3,(H,21,22,24);4H,1-3H3;1-2H3. The molecule has 6 heteroatoms. The predicted octanol–water partition coefficient (Wildman–Crippen LogP) is 5.13. The van der Waals surface area contributed by atoms with Crippen LogP contribution in [-0.2, 0) is 11.3 Å². The number of aldehydes is 1. The molecule has 0 atom stereocenters. The van der Waals surface area contributed by atoms with Crippen LogP contribution in [0.3, 0.4) is 0 Å². The van der Waals surface area contributed by atoms with Crippen LogP contribution in [0, 0.1) is 26.2 Å². The first-order chi connectivity index (χ1) is 15.1. The van der Waals surface area contributed by atoms with Crippen LogP contribution in [0.2, 0.25) is 0 Å². The molecule has 1 heterocycles. The lowest BCUT2D eigenvalue weighted by molar-refractivity contribution is -0.113. The fraction of sp³-hybridized carbons (Fsp3) is 0.423. The highest BCUT2D eigenvalue weighted by molar-refractivity contribution is 5.66. The van der Waals surface area contributed by atoms with Gasteiger partial charge < -0.3 is 10.1 Å². The molecule has 0 bridgehead atoms. The van der Waals surface area contributed by atoms with Gasteiger partial charge in [-0.1, -0.05) is 64.4 Å². The molecule has 3 rings (SSSR count). The zero-order chi connectivity index (χ0) is 24.5. The van der Waals surface area contributed by atoms with E-state index in [2.05, 4.69) is 34.5 Å². The van der Waals surface area contributed by atoms with Crippen LogP contribution in [0.15, 0.2) is 41.2 Å². The smallest absolute Gasteiger partial charge is 0.316 e. The monoisotopic (exact) mass is 438 g/mol. The molecule has 0 fully saturated rings. The molecular formula is C26H38N4O2. The molecule has 6 nitrogen and oxygen atoms in total. The van der Waals surface area contributed by atoms with Gasteiger partial charge in [-0.2, -0.15) is 4.68 Å². The molecule has 0 radical (unpaired) electrons. The van der Waals surface area contributed by atoms with E-state index in [0.717, 1.165) is 40.8 Å². The van der Waals surface area contributed by atoms with Gasteiger partial charge in [-0.15, -0.1) is 5.10 Å². The summed E-state index contributed by atoms with van der Waals surface area (Å²) in [6.07, 6.45) is 0.938. The number of hydrogen-bond acceptors (Lipinski definition) is 4. The molecular weight excluding hydrogens is 400 g/mol. The van der Waals surface area contributed by atoms with E-state index in [9.17, 15) is 9.59 Å². The summed E-state index contributed by atoms with van der Waals surface area (Å²) in [5, 5.41) is 7.70. The fourth-order valence-corrected chi connectivity index (χ4v) is 2.93. The van der Waals surface area contributed by atoms with E-state index < -0.39 is 0 Å². The fourth-order valence-electron chi connectivity index (χ4n) is 2.93. The van der Waals surface area contributed by atoms with Crippen molar-refractivity contribution in [3.8, 4) is 17.1 Å². The predicted molar refractivity (Wildman–Crippen MR) is 133 cm³/mol. The zero-order valence-corrected chi connectivity index (χ0v) is 21.0. The molecule has 0 aliphatic rings. The quantitative estimate of drug-likeness (QED) is 0.554. The van der Waals surface area contributed by atoms with Crippen LogP contribution in [0.4, 0.5) is 0 Å². The van der Waals surface area contributed by atoms with Crippen LogP contribution in [0.1, 0.15) is 56.9 Å². The van der Waals surface area contributed by atoms with E-state index in [0.29, 0.717) is 5.82 Å². The summed E-state index contributed by atoms with van der Waals surface area (Å²) >= 11 is 0. The Morgan fingerprint density at radius 1 is 1.03 bits per heavy atom. The average Bonchev–Trinajstić information content (AvgIpc) is 3.13. The molecule has 0 aliphatic heterocycles. The van der Waals surface area contributed by atoms with Crippen LogP contribution in [0.25, 0.3) is 17.1 Å². The first kappa shape index (κ1) is 27.0. The third kappa shape index (κ3) is 7.31. The van der Waals surface area contributed by atoms with Crippen LogP contribution in [0.5, 0.6) is 0 Å². The summed E-state index contributed by atoms with van der Waals surface area (Å²) in [6.45, 7) is 16.5. The van der Waals surface area contributed by atoms with Gasteiger partial charge in [0.2, 0.25) is 0 Å². The van der Waals surface area contributed by atoms with Crippen molar-refractivity contribution in [2.75, 3.05) is 7.05 Å². The highest BCUT2D eigenvalue weighted by Crippen LogP contribution is 2.26. The number of aromatic nitrogens is 3. The molecule has 3 aromatic rings. The summed E-state index contributed by atoms with van der Waals surface area (Å²) in [5.74, 6) is 0.605. The van der Waals surface area contributed by atoms with Gasteiger partial charge in [-0.3, -0.25) is 4.98 Å². The van der Waals surface area contributed by atoms with Gasteiger partial charge >= 0.3 is 5.69 Å². The molecule has 0 amide bonds. The van der Waals surface area contributed by atoms with E-state index >= 15 is 0 Å². The minimum atomic E-state index is -0.230. The van der Waals surface area contributed by atoms with Crippen molar-refractivity contribution in [3.63, 3.8) is 0 Å². The Balaban J connectivity index is 0.000000556. The Labute approximate surface area is 192 Å². The first-order valence-corrected chi connectivity index (χ1v) is 11.0. The van der Waals surface area contributed by atoms with Crippen molar-refractivity contribution in [1.29, 1.82) is 0 Å². The van der Waals surface area contributed by atoms with E-state index in [1.54, 1.807) is 0 Å². The van der Waals surface area contributed by atoms with Gasteiger partial charge in [-0.05, 0) is 56.6 Å². The maximum absolute atomic E-state index is 12.4. The average molecular weight is 439 g/mol. The van der Waals surface area contributed by atoms with Crippen molar-refractivity contribution >= 4 is 6.29 Å². The number of benzene rings is 2. The molecule has 174 valence electrons. The number of carbonyl (C=O) groups excluding carboxylic acids is 1. The van der Waals surface area contributed by atoms with Gasteiger partial charge in [0.1, 0.15) is 6.29 Å². The second-order valence-electron chi connectivity index (χ2n) is 8.58. The first-order valence-electron chi connectivity index (χ1n) is 11.0. The molecule has 0 saturated heterocycles. The second-order valence-corrected chi connectivity index (χ2v) is 8.58. The number of rotatable bonds is 4. The van der Waals surface area contributed by atoms with Crippen LogP contribution >= 0.6 is 0 Å². The Morgan fingerprint density at radius 3 is 2.09 bits per heavy atom. The lowest BCUT2D eigenvalue weighted by Gasteiger charge is -2.12. The Bertz CT molecular complexity index is 1050. The van der Waals surface area contributed by atoms with Gasteiger partial charge in [0, 0.05) is 17.5 Å². The maximum atomic E-state index is 12.4. The van der Waals surface area contributed by atoms with Crippen LogP contribution < -0.4 is 11.0 Å². The Hall–Kier alpha value is -2.99. The maximum Gasteiger partial charge on any atom is 0.348 e. The van der Waals surface area contributed by atoms with Crippen molar-refractivity contribution < 1.29 is 4.79 Å². The number of H-pyrrole nitrogens is 1. The van der Waals surface area contributed by atoms with Crippen LogP contribution in [-0.4, -0.2) is 28.1 Å². The minimum Gasteiger partial charge on any atom is -0.316 e. The molecule has 0 spiro atoms. The van der Waals surface area contributed by atoms with Crippen molar-refractivity contribution in [2.45, 2.75) is 61.9 Å². The highest BCUT2D eigenvalue weighted by atomic mass is 16.2. The highest BCUT2D eigenvalue weighted by Gasteiger charge is 2.15. The molecule has 2 aromatic carbocycles. The summed E-state index contributed by atoms with van der Waals surface area (Å²) < 4.78 is 1.42. The summed E-state index contributed by atoms with van der Waals surface area (Å²) in [7, 11) is 1.92. The Kier molecular flexibility index (Phi) is 10.3. The SMILES string of the molecule is CC.CC(C)(C)C=O.CNCc1ccc(C)c(-c2nn(-c3ccc(C)cc3)c(=O)[nH]2)c1C. The van der Waals surface area contributed by atoms with E-state index in [4.69, 9.17) is 0 Å². The van der Waals surface area contributed by atoms with E-state index in [1.165, 1.54) is 10.2 Å².